The Morgan fingerprint density at radius 3 is 1.97 bits per heavy atom. The number of fused-ring (bicyclic) bond motifs is 10. The van der Waals surface area contributed by atoms with E-state index in [9.17, 15) is 0 Å². The molecule has 0 bridgehead atoms. The number of aromatic nitrogens is 2. The summed E-state index contributed by atoms with van der Waals surface area (Å²) in [6.45, 7) is 2.36. The maximum absolute atomic E-state index is 5.34. The third kappa shape index (κ3) is 5.25. The predicted molar refractivity (Wildman–Crippen MR) is 249 cm³/mol. The lowest BCUT2D eigenvalue weighted by molar-refractivity contribution is 0.714. The summed E-state index contributed by atoms with van der Waals surface area (Å²) in [5, 5.41) is 7.80. The third-order valence-corrected chi connectivity index (χ3v) is 13.7. The van der Waals surface area contributed by atoms with Gasteiger partial charge < -0.3 is 0 Å². The molecule has 0 fully saturated rings. The normalized spacial score (nSPS) is 14.6. The van der Waals surface area contributed by atoms with Gasteiger partial charge in [-0.2, -0.15) is 0 Å². The minimum atomic E-state index is -0.301. The molecule has 1 unspecified atom stereocenters. The van der Waals surface area contributed by atoms with Gasteiger partial charge in [0.2, 0.25) is 0 Å². The summed E-state index contributed by atoms with van der Waals surface area (Å²) in [5.41, 5.74) is 13.4. The van der Waals surface area contributed by atoms with Gasteiger partial charge in [0.15, 0.2) is 5.82 Å². The number of nitrogens with zero attached hydrogens (tertiary/aromatic N) is 2. The van der Waals surface area contributed by atoms with Crippen LogP contribution >= 0.6 is 11.3 Å². The monoisotopic (exact) mass is 768 g/mol. The molecule has 2 heterocycles. The van der Waals surface area contributed by atoms with Crippen LogP contribution in [0.15, 0.2) is 200 Å². The second-order valence-electron chi connectivity index (χ2n) is 15.8. The van der Waals surface area contributed by atoms with Crippen LogP contribution in [0, 0.1) is 0 Å². The van der Waals surface area contributed by atoms with E-state index < -0.39 is 0 Å². The van der Waals surface area contributed by atoms with Crippen molar-refractivity contribution in [1.29, 1.82) is 0 Å². The largest absolute Gasteiger partial charge is 0.228 e. The first-order chi connectivity index (χ1) is 29.1. The summed E-state index contributed by atoms with van der Waals surface area (Å²) < 4.78 is 2.61. The highest BCUT2D eigenvalue weighted by Crippen LogP contribution is 2.55. The molecule has 1 aliphatic rings. The Labute approximate surface area is 346 Å². The van der Waals surface area contributed by atoms with E-state index >= 15 is 0 Å². The highest BCUT2D eigenvalue weighted by Gasteiger charge is 2.41. The topological polar surface area (TPSA) is 25.8 Å². The van der Waals surface area contributed by atoms with Crippen LogP contribution in [-0.2, 0) is 5.41 Å². The molecule has 12 rings (SSSR count). The van der Waals surface area contributed by atoms with Gasteiger partial charge in [0, 0.05) is 42.3 Å². The molecule has 2 aromatic heterocycles. The highest BCUT2D eigenvalue weighted by atomic mass is 32.1. The first-order valence-corrected chi connectivity index (χ1v) is 21.0. The number of benzene rings is 9. The van der Waals surface area contributed by atoms with E-state index in [1.807, 2.05) is 17.4 Å². The Kier molecular flexibility index (Phi) is 7.57. The molecule has 0 amide bonds. The molecule has 3 heteroatoms. The van der Waals surface area contributed by atoms with Gasteiger partial charge in [-0.3, -0.25) is 0 Å². The number of thiophene rings is 1. The fraction of sp³-hybridized carbons (Fsp3) is 0.0357. The lowest BCUT2D eigenvalue weighted by atomic mass is 9.74. The molecule has 0 aliphatic heterocycles. The van der Waals surface area contributed by atoms with Crippen LogP contribution in [-0.4, -0.2) is 9.97 Å². The summed E-state index contributed by atoms with van der Waals surface area (Å²) in [7, 11) is 0. The van der Waals surface area contributed by atoms with Crippen molar-refractivity contribution in [2.24, 2.45) is 0 Å². The molecular formula is C56H36N2S. The van der Waals surface area contributed by atoms with Crippen LogP contribution in [0.2, 0.25) is 0 Å². The molecular weight excluding hydrogens is 733 g/mol. The molecule has 0 spiro atoms. The van der Waals surface area contributed by atoms with Crippen molar-refractivity contribution in [2.75, 3.05) is 0 Å². The highest BCUT2D eigenvalue weighted by molar-refractivity contribution is 7.26. The molecule has 59 heavy (non-hydrogen) atoms. The first kappa shape index (κ1) is 33.9. The van der Waals surface area contributed by atoms with Gasteiger partial charge in [-0.1, -0.05) is 170 Å². The zero-order valence-electron chi connectivity index (χ0n) is 32.4. The molecule has 1 atom stereocenters. The van der Waals surface area contributed by atoms with Gasteiger partial charge >= 0.3 is 0 Å². The molecule has 1 aliphatic carbocycles. The van der Waals surface area contributed by atoms with Crippen molar-refractivity contribution in [3.63, 3.8) is 0 Å². The van der Waals surface area contributed by atoms with Crippen molar-refractivity contribution in [3.05, 3.63) is 217 Å². The summed E-state index contributed by atoms with van der Waals surface area (Å²) in [6, 6.07) is 72.7. The van der Waals surface area contributed by atoms with E-state index in [1.165, 1.54) is 75.1 Å². The fourth-order valence-electron chi connectivity index (χ4n) is 9.69. The smallest absolute Gasteiger partial charge is 0.160 e. The maximum atomic E-state index is 5.34. The molecule has 11 aromatic rings. The van der Waals surface area contributed by atoms with E-state index in [0.717, 1.165) is 33.6 Å². The zero-order chi connectivity index (χ0) is 39.1. The van der Waals surface area contributed by atoms with Crippen LogP contribution in [0.3, 0.4) is 0 Å². The fourth-order valence-corrected chi connectivity index (χ4v) is 10.8. The first-order valence-electron chi connectivity index (χ1n) is 20.2. The van der Waals surface area contributed by atoms with E-state index in [0.29, 0.717) is 5.82 Å². The molecule has 276 valence electrons. The minimum absolute atomic E-state index is 0.301. The predicted octanol–water partition coefficient (Wildman–Crippen LogP) is 15.2. The quantitative estimate of drug-likeness (QED) is 0.163. The Balaban J connectivity index is 1.02. The Hall–Kier alpha value is -7.20. The van der Waals surface area contributed by atoms with E-state index in [4.69, 9.17) is 9.97 Å². The summed E-state index contributed by atoms with van der Waals surface area (Å²) in [5.74, 6) is 0.712. The number of rotatable bonds is 5. The third-order valence-electron chi connectivity index (χ3n) is 12.6. The second-order valence-corrected chi connectivity index (χ2v) is 16.9. The van der Waals surface area contributed by atoms with Crippen LogP contribution < -0.4 is 0 Å². The Morgan fingerprint density at radius 1 is 0.407 bits per heavy atom. The lowest BCUT2D eigenvalue weighted by Gasteiger charge is -2.28. The van der Waals surface area contributed by atoms with Crippen LogP contribution in [0.5, 0.6) is 0 Å². The molecule has 0 saturated heterocycles. The van der Waals surface area contributed by atoms with Crippen molar-refractivity contribution in [1.82, 2.24) is 9.97 Å². The zero-order valence-corrected chi connectivity index (χ0v) is 33.2. The van der Waals surface area contributed by atoms with Gasteiger partial charge in [-0.05, 0) is 97.7 Å². The molecule has 0 N–H and O–H groups in total. The molecule has 0 radical (unpaired) electrons. The van der Waals surface area contributed by atoms with E-state index in [2.05, 4.69) is 201 Å². The number of hydrogen-bond acceptors (Lipinski definition) is 3. The standard InChI is InChI=1S/C56H36N2S/c1-56(40-19-6-3-7-20-40)47-24-11-10-22-44(47)53-45(23-13-25-48(53)56)50-34-49(57-55(58-50)36-15-4-2-5-16-36)39-18-12-17-37(32-39)38-27-30-51-46(33-38)54-43-28-26-35-14-8-9-21-41(35)42(43)29-31-52(54)59-51/h2-34H,1H3. The van der Waals surface area contributed by atoms with Crippen LogP contribution in [0.1, 0.15) is 23.6 Å². The van der Waals surface area contributed by atoms with Crippen molar-refractivity contribution < 1.29 is 0 Å². The average Bonchev–Trinajstić information content (AvgIpc) is 3.82. The Morgan fingerprint density at radius 2 is 1.07 bits per heavy atom. The van der Waals surface area contributed by atoms with E-state index in [-0.39, 0.29) is 5.41 Å². The van der Waals surface area contributed by atoms with Gasteiger partial charge in [0.1, 0.15) is 0 Å². The lowest BCUT2D eigenvalue weighted by Crippen LogP contribution is -2.22. The van der Waals surface area contributed by atoms with Crippen molar-refractivity contribution in [2.45, 2.75) is 12.3 Å². The van der Waals surface area contributed by atoms with Gasteiger partial charge in [-0.25, -0.2) is 9.97 Å². The molecule has 0 saturated carbocycles. The summed E-state index contributed by atoms with van der Waals surface area (Å²) in [6.07, 6.45) is 0. The van der Waals surface area contributed by atoms with Crippen LogP contribution in [0.4, 0.5) is 0 Å². The SMILES string of the molecule is CC1(c2ccccc2)c2ccccc2-c2c(-c3cc(-c4cccc(-c5ccc6sc7ccc8c9ccccc9ccc8c7c6c5)c4)nc(-c4ccccc4)n3)cccc21. The average molecular weight is 769 g/mol. The van der Waals surface area contributed by atoms with Gasteiger partial charge in [0.25, 0.3) is 0 Å². The van der Waals surface area contributed by atoms with Crippen LogP contribution in [0.25, 0.3) is 97.9 Å². The summed E-state index contributed by atoms with van der Waals surface area (Å²) in [4.78, 5) is 10.6. The molecule has 9 aromatic carbocycles. The maximum Gasteiger partial charge on any atom is 0.160 e. The number of hydrogen-bond donors (Lipinski definition) is 0. The Bertz CT molecular complexity index is 3460. The molecule has 2 nitrogen and oxygen atoms in total. The van der Waals surface area contributed by atoms with Crippen molar-refractivity contribution in [3.8, 4) is 56.2 Å². The summed E-state index contributed by atoms with van der Waals surface area (Å²) >= 11 is 1.87. The van der Waals surface area contributed by atoms with E-state index in [1.54, 1.807) is 0 Å². The van der Waals surface area contributed by atoms with Gasteiger partial charge in [0.05, 0.1) is 11.4 Å². The van der Waals surface area contributed by atoms with Crippen molar-refractivity contribution >= 4 is 53.1 Å². The second kappa shape index (κ2) is 13.2. The minimum Gasteiger partial charge on any atom is -0.228 e. The van der Waals surface area contributed by atoms with Gasteiger partial charge in [-0.15, -0.1) is 11.3 Å².